The van der Waals surface area contributed by atoms with Crippen molar-refractivity contribution in [1.82, 2.24) is 9.78 Å². The van der Waals surface area contributed by atoms with Crippen LogP contribution in [0.15, 0.2) is 0 Å². The van der Waals surface area contributed by atoms with E-state index in [0.717, 1.165) is 36.3 Å². The van der Waals surface area contributed by atoms with Gasteiger partial charge >= 0.3 is 5.97 Å². The second-order valence-corrected chi connectivity index (χ2v) is 7.01. The topological polar surface area (TPSA) is 44.1 Å². The summed E-state index contributed by atoms with van der Waals surface area (Å²) in [5, 5.41) is 4.57. The van der Waals surface area contributed by atoms with Gasteiger partial charge in [0.25, 0.3) is 0 Å². The van der Waals surface area contributed by atoms with Gasteiger partial charge in [-0.05, 0) is 45.4 Å². The van der Waals surface area contributed by atoms with E-state index in [-0.39, 0.29) is 12.1 Å². The van der Waals surface area contributed by atoms with Gasteiger partial charge in [0.1, 0.15) is 6.10 Å². The molecule has 1 aliphatic carbocycles. The summed E-state index contributed by atoms with van der Waals surface area (Å²) in [7, 11) is 0. The van der Waals surface area contributed by atoms with Crippen molar-refractivity contribution in [3.63, 3.8) is 0 Å². The fourth-order valence-electron chi connectivity index (χ4n) is 3.25. The lowest BCUT2D eigenvalue weighted by Gasteiger charge is -2.15. The van der Waals surface area contributed by atoms with E-state index in [1.54, 1.807) is 0 Å². The molecule has 0 bridgehead atoms. The van der Waals surface area contributed by atoms with Crippen molar-refractivity contribution >= 4 is 5.97 Å². The van der Waals surface area contributed by atoms with Crippen LogP contribution in [-0.4, -0.2) is 21.9 Å². The Kier molecular flexibility index (Phi) is 6.04. The molecule has 1 fully saturated rings. The molecule has 1 heterocycles. The minimum Gasteiger partial charge on any atom is -0.462 e. The summed E-state index contributed by atoms with van der Waals surface area (Å²) >= 11 is 0. The van der Waals surface area contributed by atoms with Gasteiger partial charge in [0.15, 0.2) is 0 Å². The first kappa shape index (κ1) is 17.0. The van der Waals surface area contributed by atoms with Gasteiger partial charge < -0.3 is 4.74 Å². The minimum absolute atomic E-state index is 0.0952. The summed E-state index contributed by atoms with van der Waals surface area (Å²) in [6.07, 6.45) is 7.44. The minimum atomic E-state index is -0.0952. The van der Waals surface area contributed by atoms with Crippen molar-refractivity contribution in [3.8, 4) is 0 Å². The van der Waals surface area contributed by atoms with E-state index in [9.17, 15) is 4.79 Å². The molecule has 1 aromatic rings. The fraction of sp³-hybridized carbons (Fsp3) is 0.778. The molecule has 124 valence electrons. The summed E-state index contributed by atoms with van der Waals surface area (Å²) in [4.78, 5) is 12.3. The first-order chi connectivity index (χ1) is 10.5. The second kappa shape index (κ2) is 7.80. The van der Waals surface area contributed by atoms with Crippen molar-refractivity contribution < 1.29 is 9.53 Å². The van der Waals surface area contributed by atoms with Crippen LogP contribution in [0.3, 0.4) is 0 Å². The lowest BCUT2D eigenvalue weighted by Crippen LogP contribution is -2.19. The molecule has 1 aromatic heterocycles. The molecule has 0 amide bonds. The molecule has 1 aliphatic rings. The van der Waals surface area contributed by atoms with Gasteiger partial charge in [-0.3, -0.25) is 9.48 Å². The van der Waals surface area contributed by atoms with Gasteiger partial charge in [-0.2, -0.15) is 5.10 Å². The number of ether oxygens (including phenoxy) is 1. The van der Waals surface area contributed by atoms with Crippen molar-refractivity contribution in [3.05, 3.63) is 17.0 Å². The van der Waals surface area contributed by atoms with Crippen molar-refractivity contribution in [1.29, 1.82) is 0 Å². The van der Waals surface area contributed by atoms with E-state index in [4.69, 9.17) is 4.74 Å². The predicted octanol–water partition coefficient (Wildman–Crippen LogP) is 3.96. The average Bonchev–Trinajstić information content (AvgIpc) is 2.64. The maximum absolute atomic E-state index is 12.3. The second-order valence-electron chi connectivity index (χ2n) is 7.01. The Morgan fingerprint density at radius 2 is 1.86 bits per heavy atom. The molecule has 1 saturated carbocycles. The quantitative estimate of drug-likeness (QED) is 0.611. The molecule has 0 aliphatic heterocycles. The Morgan fingerprint density at radius 1 is 1.23 bits per heavy atom. The number of hydrogen-bond acceptors (Lipinski definition) is 3. The van der Waals surface area contributed by atoms with Crippen LogP contribution in [0.4, 0.5) is 0 Å². The summed E-state index contributed by atoms with van der Waals surface area (Å²) in [5.41, 5.74) is 3.10. The Hall–Kier alpha value is -1.32. The third kappa shape index (κ3) is 4.59. The predicted molar refractivity (Wildman–Crippen MR) is 87.8 cm³/mol. The van der Waals surface area contributed by atoms with E-state index in [0.29, 0.717) is 12.3 Å². The van der Waals surface area contributed by atoms with Crippen LogP contribution >= 0.6 is 0 Å². The Bertz CT molecular complexity index is 497. The van der Waals surface area contributed by atoms with Crippen molar-refractivity contribution in [2.24, 2.45) is 5.92 Å². The number of nitrogens with zero attached hydrogens (tertiary/aromatic N) is 2. The van der Waals surface area contributed by atoms with Crippen LogP contribution in [0.25, 0.3) is 0 Å². The third-order valence-corrected chi connectivity index (χ3v) is 4.49. The van der Waals surface area contributed by atoms with Crippen LogP contribution in [0.1, 0.15) is 69.3 Å². The zero-order valence-electron chi connectivity index (χ0n) is 14.5. The molecule has 0 radical (unpaired) electrons. The first-order valence-corrected chi connectivity index (χ1v) is 8.69. The highest BCUT2D eigenvalue weighted by molar-refractivity contribution is 5.73. The maximum atomic E-state index is 12.3. The largest absolute Gasteiger partial charge is 0.462 e. The lowest BCUT2D eigenvalue weighted by atomic mass is 10.1. The molecule has 0 spiro atoms. The summed E-state index contributed by atoms with van der Waals surface area (Å²) in [6, 6.07) is 0. The van der Waals surface area contributed by atoms with Gasteiger partial charge in [0.05, 0.1) is 12.1 Å². The van der Waals surface area contributed by atoms with Gasteiger partial charge in [-0.25, -0.2) is 0 Å². The third-order valence-electron chi connectivity index (χ3n) is 4.49. The monoisotopic (exact) mass is 306 g/mol. The maximum Gasteiger partial charge on any atom is 0.310 e. The van der Waals surface area contributed by atoms with Crippen LogP contribution in [0, 0.1) is 19.8 Å². The highest BCUT2D eigenvalue weighted by Gasteiger charge is 2.20. The number of hydrogen-bond donors (Lipinski definition) is 0. The Labute approximate surface area is 134 Å². The molecular formula is C18H30N2O2. The van der Waals surface area contributed by atoms with E-state index in [1.165, 1.54) is 25.7 Å². The summed E-state index contributed by atoms with van der Waals surface area (Å²) < 4.78 is 7.72. The number of aromatic nitrogens is 2. The SMILES string of the molecule is Cc1nn(CC(C)C)c(C)c1CC(=O)OC1CCCCCC1. The molecule has 2 rings (SSSR count). The van der Waals surface area contributed by atoms with Gasteiger partial charge in [0, 0.05) is 17.8 Å². The Morgan fingerprint density at radius 3 is 2.45 bits per heavy atom. The number of aryl methyl sites for hydroxylation is 1. The van der Waals surface area contributed by atoms with Crippen molar-refractivity contribution in [2.75, 3.05) is 0 Å². The van der Waals surface area contributed by atoms with E-state index < -0.39 is 0 Å². The van der Waals surface area contributed by atoms with Crippen LogP contribution in [-0.2, 0) is 22.5 Å². The zero-order chi connectivity index (χ0) is 16.1. The Balaban J connectivity index is 1.97. The molecular weight excluding hydrogens is 276 g/mol. The summed E-state index contributed by atoms with van der Waals surface area (Å²) in [5.74, 6) is 0.450. The first-order valence-electron chi connectivity index (χ1n) is 8.69. The van der Waals surface area contributed by atoms with Gasteiger partial charge in [-0.15, -0.1) is 0 Å². The van der Waals surface area contributed by atoms with Crippen LogP contribution < -0.4 is 0 Å². The van der Waals surface area contributed by atoms with Gasteiger partial charge in [0.2, 0.25) is 0 Å². The number of carbonyl (C=O) groups excluding carboxylic acids is 1. The van der Waals surface area contributed by atoms with E-state index in [1.807, 2.05) is 11.6 Å². The zero-order valence-corrected chi connectivity index (χ0v) is 14.5. The fourth-order valence-corrected chi connectivity index (χ4v) is 3.25. The molecule has 0 saturated heterocycles. The molecule has 4 heteroatoms. The smallest absolute Gasteiger partial charge is 0.310 e. The average molecular weight is 306 g/mol. The van der Waals surface area contributed by atoms with Crippen LogP contribution in [0.2, 0.25) is 0 Å². The molecule has 0 atom stereocenters. The normalized spacial score (nSPS) is 16.8. The van der Waals surface area contributed by atoms with Crippen molar-refractivity contribution in [2.45, 2.75) is 85.3 Å². The number of esters is 1. The number of carbonyl (C=O) groups is 1. The van der Waals surface area contributed by atoms with E-state index >= 15 is 0 Å². The van der Waals surface area contributed by atoms with E-state index in [2.05, 4.69) is 25.9 Å². The molecule has 0 aromatic carbocycles. The van der Waals surface area contributed by atoms with Gasteiger partial charge in [-0.1, -0.05) is 26.7 Å². The molecule has 4 nitrogen and oxygen atoms in total. The highest BCUT2D eigenvalue weighted by Crippen LogP contribution is 2.21. The highest BCUT2D eigenvalue weighted by atomic mass is 16.5. The number of rotatable bonds is 5. The molecule has 22 heavy (non-hydrogen) atoms. The standard InChI is InChI=1S/C18H30N2O2/c1-13(2)12-20-15(4)17(14(3)19-20)11-18(21)22-16-9-7-5-6-8-10-16/h13,16H,5-12H2,1-4H3. The summed E-state index contributed by atoms with van der Waals surface area (Å²) in [6.45, 7) is 9.28. The van der Waals surface area contributed by atoms with Crippen LogP contribution in [0.5, 0.6) is 0 Å². The lowest BCUT2D eigenvalue weighted by molar-refractivity contribution is -0.148. The molecule has 0 N–H and O–H groups in total. The molecule has 0 unspecified atom stereocenters.